The number of halogens is 2. The molecule has 3 aromatic carbocycles. The van der Waals surface area contributed by atoms with Crippen molar-refractivity contribution in [1.29, 1.82) is 0 Å². The predicted molar refractivity (Wildman–Crippen MR) is 136 cm³/mol. The van der Waals surface area contributed by atoms with E-state index in [9.17, 15) is 9.59 Å². The number of fused-ring (bicyclic) bond motifs is 2. The van der Waals surface area contributed by atoms with E-state index < -0.39 is 0 Å². The van der Waals surface area contributed by atoms with E-state index in [0.29, 0.717) is 6.54 Å². The van der Waals surface area contributed by atoms with Gasteiger partial charge in [0.25, 0.3) is 11.8 Å². The second kappa shape index (κ2) is 10.5. The highest BCUT2D eigenvalue weighted by molar-refractivity contribution is 9.10. The van der Waals surface area contributed by atoms with Gasteiger partial charge in [-0.3, -0.25) is 9.59 Å². The van der Waals surface area contributed by atoms with Gasteiger partial charge in [-0.1, -0.05) is 44.0 Å². The Morgan fingerprint density at radius 2 is 1.52 bits per heavy atom. The van der Waals surface area contributed by atoms with Crippen LogP contribution in [0.3, 0.4) is 0 Å². The fourth-order valence-electron chi connectivity index (χ4n) is 4.00. The van der Waals surface area contributed by atoms with Crippen LogP contribution in [0.1, 0.15) is 37.4 Å². The lowest BCUT2D eigenvalue weighted by atomic mass is 9.98. The number of carbonyl (C=O) groups is 2. The summed E-state index contributed by atoms with van der Waals surface area (Å²) in [6.07, 6.45) is 1.83. The Labute approximate surface area is 210 Å². The minimum atomic E-state index is 0.0451. The van der Waals surface area contributed by atoms with E-state index in [2.05, 4.69) is 37.2 Å². The average molecular weight is 572 g/mol. The molecule has 0 fully saturated rings. The summed E-state index contributed by atoms with van der Waals surface area (Å²) in [5.74, 6) is 0.988. The zero-order valence-corrected chi connectivity index (χ0v) is 21.4. The molecule has 3 aromatic rings. The van der Waals surface area contributed by atoms with Gasteiger partial charge in [-0.15, -0.1) is 0 Å². The van der Waals surface area contributed by atoms with E-state index in [-0.39, 0.29) is 11.8 Å². The second-order valence-corrected chi connectivity index (χ2v) is 9.76. The Bertz CT molecular complexity index is 1180. The normalized spacial score (nSPS) is 14.5. The molecule has 0 spiro atoms. The Hall–Kier alpha value is -2.64. The first kappa shape index (κ1) is 23.5. The molecule has 2 amide bonds. The molecule has 1 N–H and O–H groups in total. The molecule has 7 heteroatoms. The minimum absolute atomic E-state index is 0.0451. The molecule has 0 unspecified atom stereocenters. The van der Waals surface area contributed by atoms with Gasteiger partial charge >= 0.3 is 0 Å². The maximum absolute atomic E-state index is 12.5. The van der Waals surface area contributed by atoms with Crippen LogP contribution in [0.5, 0.6) is 5.75 Å². The highest BCUT2D eigenvalue weighted by Gasteiger charge is 2.24. The van der Waals surface area contributed by atoms with Crippen molar-refractivity contribution in [3.8, 4) is 5.75 Å². The van der Waals surface area contributed by atoms with Gasteiger partial charge in [0.05, 0.1) is 7.11 Å². The summed E-state index contributed by atoms with van der Waals surface area (Å²) in [5.41, 5.74) is 5.00. The molecule has 0 saturated carbocycles. The summed E-state index contributed by atoms with van der Waals surface area (Å²) in [7, 11) is 1.65. The van der Waals surface area contributed by atoms with Gasteiger partial charge in [0.15, 0.2) is 0 Å². The second-order valence-electron chi connectivity index (χ2n) is 7.93. The van der Waals surface area contributed by atoms with E-state index in [1.165, 1.54) is 0 Å². The first-order valence-electron chi connectivity index (χ1n) is 10.7. The number of rotatable bonds is 3. The molecule has 2 heterocycles. The van der Waals surface area contributed by atoms with Gasteiger partial charge in [0.1, 0.15) is 5.75 Å². The molecule has 170 valence electrons. The fourth-order valence-corrected chi connectivity index (χ4v) is 4.82. The van der Waals surface area contributed by atoms with Crippen molar-refractivity contribution >= 4 is 43.7 Å². The van der Waals surface area contributed by atoms with Gasteiger partial charge in [-0.25, -0.2) is 0 Å². The van der Waals surface area contributed by atoms with Gasteiger partial charge in [0.2, 0.25) is 0 Å². The van der Waals surface area contributed by atoms with Crippen LogP contribution in [-0.4, -0.2) is 36.9 Å². The highest BCUT2D eigenvalue weighted by Crippen LogP contribution is 2.24. The first-order chi connectivity index (χ1) is 15.9. The van der Waals surface area contributed by atoms with E-state index in [1.54, 1.807) is 7.11 Å². The van der Waals surface area contributed by atoms with E-state index >= 15 is 0 Å². The van der Waals surface area contributed by atoms with E-state index in [4.69, 9.17) is 4.74 Å². The summed E-state index contributed by atoms with van der Waals surface area (Å²) in [6.45, 7) is 2.15. The van der Waals surface area contributed by atoms with Gasteiger partial charge in [0, 0.05) is 39.7 Å². The molecule has 0 aliphatic carbocycles. The number of hydrogen-bond acceptors (Lipinski definition) is 3. The number of ether oxygens (including phenoxy) is 1. The number of hydrogen-bond donors (Lipinski definition) is 1. The maximum atomic E-state index is 12.5. The number of nitrogens with one attached hydrogen (secondary N) is 1. The third kappa shape index (κ3) is 5.65. The molecule has 33 heavy (non-hydrogen) atoms. The molecule has 2 aliphatic heterocycles. The Balaban J connectivity index is 0.000000183. The molecule has 0 atom stereocenters. The standard InChI is InChI=1S/C17H16BrNO2.C9H8BrNO/c1-21-15-5-2-12(3-6-15)11-19-9-8-13-10-14(18)4-7-16(13)17(19)20;10-7-1-2-8-6(5-7)3-4-11-9(8)12/h2-7,10H,8-9,11H2,1H3;1-2,5H,3-4H2,(H,11,12). The summed E-state index contributed by atoms with van der Waals surface area (Å²) in [5, 5.41) is 2.80. The Kier molecular flexibility index (Phi) is 7.50. The van der Waals surface area contributed by atoms with Crippen molar-refractivity contribution in [3.63, 3.8) is 0 Å². The van der Waals surface area contributed by atoms with Crippen molar-refractivity contribution in [2.24, 2.45) is 0 Å². The number of methoxy groups -OCH3 is 1. The number of nitrogens with zero attached hydrogens (tertiary/aromatic N) is 1. The SMILES string of the molecule is COc1ccc(CN2CCc3cc(Br)ccc3C2=O)cc1.O=C1NCCc2cc(Br)ccc21. The van der Waals surface area contributed by atoms with Gasteiger partial charge in [-0.2, -0.15) is 0 Å². The van der Waals surface area contributed by atoms with Crippen LogP contribution >= 0.6 is 31.9 Å². The summed E-state index contributed by atoms with van der Waals surface area (Å²) < 4.78 is 7.22. The number of amides is 2. The van der Waals surface area contributed by atoms with Crippen LogP contribution in [-0.2, 0) is 19.4 Å². The van der Waals surface area contributed by atoms with Crippen molar-refractivity contribution < 1.29 is 14.3 Å². The van der Waals surface area contributed by atoms with Crippen molar-refractivity contribution in [2.45, 2.75) is 19.4 Å². The van der Waals surface area contributed by atoms with Crippen LogP contribution in [0.25, 0.3) is 0 Å². The lowest BCUT2D eigenvalue weighted by Crippen LogP contribution is -2.37. The van der Waals surface area contributed by atoms with Crippen LogP contribution in [0.4, 0.5) is 0 Å². The quantitative estimate of drug-likeness (QED) is 0.458. The van der Waals surface area contributed by atoms with E-state index in [1.807, 2.05) is 65.6 Å². The number of carbonyl (C=O) groups excluding carboxylic acids is 2. The zero-order chi connectivity index (χ0) is 23.4. The summed E-state index contributed by atoms with van der Waals surface area (Å²) in [6, 6.07) is 19.5. The topological polar surface area (TPSA) is 58.6 Å². The lowest BCUT2D eigenvalue weighted by molar-refractivity contribution is 0.0726. The van der Waals surface area contributed by atoms with Crippen LogP contribution in [0.15, 0.2) is 69.6 Å². The molecule has 0 aromatic heterocycles. The molecule has 0 radical (unpaired) electrons. The maximum Gasteiger partial charge on any atom is 0.254 e. The average Bonchev–Trinajstić information content (AvgIpc) is 2.82. The molecule has 5 nitrogen and oxygen atoms in total. The summed E-state index contributed by atoms with van der Waals surface area (Å²) in [4.78, 5) is 25.7. The van der Waals surface area contributed by atoms with Gasteiger partial charge < -0.3 is 15.0 Å². The molecule has 0 saturated heterocycles. The van der Waals surface area contributed by atoms with Crippen molar-refractivity contribution in [1.82, 2.24) is 10.2 Å². The van der Waals surface area contributed by atoms with Crippen LogP contribution in [0.2, 0.25) is 0 Å². The molecule has 0 bridgehead atoms. The Morgan fingerprint density at radius 1 is 0.879 bits per heavy atom. The van der Waals surface area contributed by atoms with Crippen LogP contribution in [0, 0.1) is 0 Å². The van der Waals surface area contributed by atoms with Gasteiger partial charge in [-0.05, 0) is 78.1 Å². The Morgan fingerprint density at radius 3 is 2.18 bits per heavy atom. The van der Waals surface area contributed by atoms with Crippen LogP contribution < -0.4 is 10.1 Å². The molecular formula is C26H24Br2N2O3. The number of benzene rings is 3. The lowest BCUT2D eigenvalue weighted by Gasteiger charge is -2.28. The van der Waals surface area contributed by atoms with Crippen molar-refractivity contribution in [3.05, 3.63) is 97.4 Å². The molecular weight excluding hydrogens is 548 g/mol. The molecule has 5 rings (SSSR count). The predicted octanol–water partition coefficient (Wildman–Crippen LogP) is 5.39. The fraction of sp³-hybridized carbons (Fsp3) is 0.231. The largest absolute Gasteiger partial charge is 0.497 e. The van der Waals surface area contributed by atoms with E-state index in [0.717, 1.165) is 68.4 Å². The monoisotopic (exact) mass is 570 g/mol. The highest BCUT2D eigenvalue weighted by atomic mass is 79.9. The zero-order valence-electron chi connectivity index (χ0n) is 18.2. The minimum Gasteiger partial charge on any atom is -0.497 e. The third-order valence-electron chi connectivity index (χ3n) is 5.76. The third-order valence-corrected chi connectivity index (χ3v) is 6.75. The first-order valence-corrected chi connectivity index (χ1v) is 12.3. The summed E-state index contributed by atoms with van der Waals surface area (Å²) >= 11 is 6.83. The molecule has 2 aliphatic rings. The smallest absolute Gasteiger partial charge is 0.254 e. The van der Waals surface area contributed by atoms with Crippen molar-refractivity contribution in [2.75, 3.05) is 20.2 Å².